The van der Waals surface area contributed by atoms with Crippen LogP contribution in [0.15, 0.2) is 72.3 Å². The average molecular weight is 491 g/mol. The first-order chi connectivity index (χ1) is 16.7. The number of nitrogens with zero attached hydrogens (tertiary/aromatic N) is 3. The Bertz CT molecular complexity index is 1170. The van der Waals surface area contributed by atoms with Gasteiger partial charge < -0.3 is 14.5 Å². The number of allylic oxidation sites excluding steroid dienone is 5. The molecular weight excluding hydrogens is 454 g/mol. The van der Waals surface area contributed by atoms with E-state index in [9.17, 15) is 4.79 Å². The van der Waals surface area contributed by atoms with Crippen LogP contribution in [0.5, 0.6) is 0 Å². The number of hydrogen-bond donors (Lipinski definition) is 0. The van der Waals surface area contributed by atoms with E-state index in [1.54, 1.807) is 11.8 Å². The smallest absolute Gasteiger partial charge is 0.338 e. The first-order valence-electron chi connectivity index (χ1n) is 11.6. The van der Waals surface area contributed by atoms with Crippen LogP contribution in [-0.2, 0) is 4.74 Å². The Hall–Kier alpha value is -3.25. The third-order valence-corrected chi connectivity index (χ3v) is 6.45. The molecule has 0 unspecified atom stereocenters. The second-order valence-electron chi connectivity index (χ2n) is 9.01. The second kappa shape index (κ2) is 11.9. The molecule has 0 fully saturated rings. The molecule has 2 aromatic carbocycles. The number of ether oxygens (including phenoxy) is 1. The minimum atomic E-state index is -0.301. The minimum Gasteiger partial charge on any atom is -0.461 e. The van der Waals surface area contributed by atoms with Crippen molar-refractivity contribution in [3.8, 4) is 0 Å². The van der Waals surface area contributed by atoms with Crippen LogP contribution < -0.4 is 9.80 Å². The molecule has 0 N–H and O–H groups in total. The summed E-state index contributed by atoms with van der Waals surface area (Å²) in [5.74, 6) is 0.466. The molecular formula is C29H36N3O2S+. The molecule has 3 rings (SSSR count). The van der Waals surface area contributed by atoms with Crippen LogP contribution in [0.4, 0.5) is 11.4 Å². The van der Waals surface area contributed by atoms with Crippen LogP contribution in [-0.4, -0.2) is 77.2 Å². The zero-order chi connectivity index (χ0) is 25.5. The zero-order valence-corrected chi connectivity index (χ0v) is 22.6. The molecule has 35 heavy (non-hydrogen) atoms. The Morgan fingerprint density at radius 2 is 1.46 bits per heavy atom. The molecule has 0 atom stereocenters. The number of thioether (sulfide) groups is 1. The number of esters is 1. The molecule has 184 valence electrons. The summed E-state index contributed by atoms with van der Waals surface area (Å²) in [4.78, 5) is 17.4. The van der Waals surface area contributed by atoms with Gasteiger partial charge in [0.05, 0.1) is 5.56 Å². The third kappa shape index (κ3) is 6.45. The highest BCUT2D eigenvalue weighted by Gasteiger charge is 2.21. The lowest BCUT2D eigenvalue weighted by Gasteiger charge is -2.20. The predicted octanol–water partition coefficient (Wildman–Crippen LogP) is 4.98. The van der Waals surface area contributed by atoms with E-state index in [0.29, 0.717) is 12.2 Å². The molecule has 0 amide bonds. The van der Waals surface area contributed by atoms with Crippen molar-refractivity contribution in [3.63, 3.8) is 0 Å². The number of rotatable bonds is 8. The van der Waals surface area contributed by atoms with Crippen molar-refractivity contribution in [1.29, 1.82) is 0 Å². The van der Waals surface area contributed by atoms with Crippen molar-refractivity contribution in [2.24, 2.45) is 0 Å². The summed E-state index contributed by atoms with van der Waals surface area (Å²) in [7, 11) is 12.1. The molecule has 6 heteroatoms. The first-order valence-corrected chi connectivity index (χ1v) is 13.0. The van der Waals surface area contributed by atoms with E-state index in [2.05, 4.69) is 64.1 Å². The highest BCUT2D eigenvalue weighted by Crippen LogP contribution is 2.34. The molecule has 5 nitrogen and oxygen atoms in total. The number of carbonyl (C=O) groups excluding carboxylic acids is 1. The highest BCUT2D eigenvalue weighted by molar-refractivity contribution is 7.98. The summed E-state index contributed by atoms with van der Waals surface area (Å²) in [6.45, 7) is 0.385. The number of carbonyl (C=O) groups is 1. The fourth-order valence-electron chi connectivity index (χ4n) is 3.82. The fraction of sp³-hybridized carbons (Fsp3) is 0.310. The standard InChI is InChI=1S/C29H36N3O2S/c1-30(2)23-12-8-21(9-13-23)28(22-10-14-24(15-11-22)31(3)4)26-17-16-25(32(5)6)20-27(26)29(33)34-18-19-35-7/h8-17,20H,18-19H2,1-7H3/q+1. The molecule has 1 aliphatic rings. The predicted molar refractivity (Wildman–Crippen MR) is 152 cm³/mol. The van der Waals surface area contributed by atoms with Gasteiger partial charge in [-0.3, -0.25) is 0 Å². The zero-order valence-electron chi connectivity index (χ0n) is 21.8. The van der Waals surface area contributed by atoms with Gasteiger partial charge in [-0.25, -0.2) is 9.37 Å². The molecule has 0 aliphatic heterocycles. The van der Waals surface area contributed by atoms with Crippen LogP contribution in [0.25, 0.3) is 5.57 Å². The van der Waals surface area contributed by atoms with Crippen molar-refractivity contribution in [2.45, 2.75) is 0 Å². The lowest BCUT2D eigenvalue weighted by Crippen LogP contribution is -2.15. The van der Waals surface area contributed by atoms with Gasteiger partial charge in [0.15, 0.2) is 5.71 Å². The van der Waals surface area contributed by atoms with Crippen molar-refractivity contribution < 1.29 is 14.1 Å². The normalized spacial score (nSPS) is 12.5. The maximum absolute atomic E-state index is 13.3. The first kappa shape index (κ1) is 26.4. The summed E-state index contributed by atoms with van der Waals surface area (Å²) >= 11 is 1.66. The molecule has 2 aromatic rings. The van der Waals surface area contributed by atoms with Crippen LogP contribution in [0, 0.1) is 0 Å². The summed E-state index contributed by atoms with van der Waals surface area (Å²) in [6, 6.07) is 14.5. The Kier molecular flexibility index (Phi) is 8.99. The largest absolute Gasteiger partial charge is 0.461 e. The Morgan fingerprint density at radius 3 is 2.00 bits per heavy atom. The van der Waals surface area contributed by atoms with Gasteiger partial charge in [0.25, 0.3) is 0 Å². The third-order valence-electron chi connectivity index (χ3n) is 5.87. The van der Waals surface area contributed by atoms with E-state index >= 15 is 0 Å². The molecule has 1 aliphatic carbocycles. The van der Waals surface area contributed by atoms with E-state index < -0.39 is 0 Å². The summed E-state index contributed by atoms with van der Waals surface area (Å²) in [5.41, 5.74) is 7.72. The fourth-order valence-corrected chi connectivity index (χ4v) is 4.07. The average Bonchev–Trinajstić information content (AvgIpc) is 2.85. The summed E-state index contributed by atoms with van der Waals surface area (Å²) < 4.78 is 7.74. The molecule has 0 aromatic heterocycles. The van der Waals surface area contributed by atoms with Gasteiger partial charge in [0.1, 0.15) is 20.7 Å². The Balaban J connectivity index is 2.23. The number of hydrogen-bond acceptors (Lipinski definition) is 5. The molecule has 0 heterocycles. The van der Waals surface area contributed by atoms with Crippen LogP contribution in [0.2, 0.25) is 0 Å². The van der Waals surface area contributed by atoms with E-state index in [1.165, 1.54) is 0 Å². The van der Waals surface area contributed by atoms with Crippen LogP contribution in [0.3, 0.4) is 0 Å². The molecule has 0 spiro atoms. The van der Waals surface area contributed by atoms with Gasteiger partial charge in [-0.1, -0.05) is 18.2 Å². The SMILES string of the molecule is CSCCOC(=O)c1cc(N(C)C)ccc1C(=C1C=CC(=[N+](C)C)C=C1)c1ccc(N(C)C)cc1. The second-order valence-corrected chi connectivity index (χ2v) is 10.00. The molecule has 0 saturated heterocycles. The van der Waals surface area contributed by atoms with E-state index in [1.807, 2.05) is 65.6 Å². The van der Waals surface area contributed by atoms with Gasteiger partial charge in [-0.15, -0.1) is 0 Å². The summed E-state index contributed by atoms with van der Waals surface area (Å²) in [5, 5.41) is 0. The van der Waals surface area contributed by atoms with Gasteiger partial charge >= 0.3 is 5.97 Å². The maximum atomic E-state index is 13.3. The van der Waals surface area contributed by atoms with E-state index in [-0.39, 0.29) is 5.97 Å². The van der Waals surface area contributed by atoms with Crippen molar-refractivity contribution >= 4 is 40.4 Å². The van der Waals surface area contributed by atoms with E-state index in [0.717, 1.165) is 45.1 Å². The maximum Gasteiger partial charge on any atom is 0.338 e. The van der Waals surface area contributed by atoms with Crippen molar-refractivity contribution in [2.75, 3.05) is 70.7 Å². The van der Waals surface area contributed by atoms with E-state index in [4.69, 9.17) is 4.74 Å². The quantitative estimate of drug-likeness (QED) is 0.296. The van der Waals surface area contributed by atoms with Gasteiger partial charge in [-0.05, 0) is 64.9 Å². The lowest BCUT2D eigenvalue weighted by molar-refractivity contribution is -0.462. The van der Waals surface area contributed by atoms with Crippen LogP contribution in [0.1, 0.15) is 21.5 Å². The lowest BCUT2D eigenvalue weighted by atomic mass is 9.87. The van der Waals surface area contributed by atoms with Crippen molar-refractivity contribution in [1.82, 2.24) is 0 Å². The Labute approximate surface area is 214 Å². The number of anilines is 2. The van der Waals surface area contributed by atoms with Crippen molar-refractivity contribution in [3.05, 3.63) is 89.0 Å². The van der Waals surface area contributed by atoms with Gasteiger partial charge in [-0.2, -0.15) is 11.8 Å². The number of benzene rings is 2. The Morgan fingerprint density at radius 1 is 0.857 bits per heavy atom. The molecule has 0 radical (unpaired) electrons. The van der Waals surface area contributed by atoms with Gasteiger partial charge in [0, 0.05) is 57.5 Å². The van der Waals surface area contributed by atoms with Crippen LogP contribution >= 0.6 is 11.8 Å². The topological polar surface area (TPSA) is 35.8 Å². The molecule has 0 bridgehead atoms. The van der Waals surface area contributed by atoms with Gasteiger partial charge in [0.2, 0.25) is 0 Å². The highest BCUT2D eigenvalue weighted by atomic mass is 32.2. The minimum absolute atomic E-state index is 0.301. The molecule has 0 saturated carbocycles. The monoisotopic (exact) mass is 490 g/mol. The summed E-state index contributed by atoms with van der Waals surface area (Å²) in [6.07, 6.45) is 10.5.